The zero-order valence-corrected chi connectivity index (χ0v) is 24.4. The maximum Gasteiger partial charge on any atom is 0.308 e. The van der Waals surface area contributed by atoms with Crippen molar-refractivity contribution in [2.45, 2.75) is 45.3 Å². The van der Waals surface area contributed by atoms with Crippen molar-refractivity contribution in [2.24, 2.45) is 5.41 Å². The second-order valence-corrected chi connectivity index (χ2v) is 12.0. The van der Waals surface area contributed by atoms with Gasteiger partial charge in [-0.15, -0.1) is 11.3 Å². The van der Waals surface area contributed by atoms with Crippen LogP contribution in [-0.4, -0.2) is 60.5 Å². The monoisotopic (exact) mass is 588 g/mol. The summed E-state index contributed by atoms with van der Waals surface area (Å²) in [6.45, 7) is 3.90. The summed E-state index contributed by atoms with van der Waals surface area (Å²) >= 11 is 7.78. The van der Waals surface area contributed by atoms with Crippen LogP contribution in [0, 0.1) is 5.41 Å². The Morgan fingerprint density at radius 1 is 1.20 bits per heavy atom. The van der Waals surface area contributed by atoms with E-state index in [9.17, 15) is 14.7 Å². The van der Waals surface area contributed by atoms with Crippen molar-refractivity contribution in [2.75, 3.05) is 32.3 Å². The van der Waals surface area contributed by atoms with E-state index in [0.29, 0.717) is 51.1 Å². The molecule has 0 radical (unpaired) electrons. The number of carbonyl (C=O) groups excluding carboxylic acids is 1. The summed E-state index contributed by atoms with van der Waals surface area (Å²) in [5.41, 5.74) is 1.39. The SMILES string of the molecule is COc1cccc([C@H]2O[C@H](CCc3ncc(CC(=O)O)s3)C(=O)N(CC(C)(C)CO)c3ccc(Cl)cc32)c1OC. The van der Waals surface area contributed by atoms with Gasteiger partial charge in [0.2, 0.25) is 0 Å². The quantitative estimate of drug-likeness (QED) is 0.324. The van der Waals surface area contributed by atoms with Crippen LogP contribution in [-0.2, 0) is 27.2 Å². The average molecular weight is 589 g/mol. The predicted molar refractivity (Wildman–Crippen MR) is 153 cm³/mol. The van der Waals surface area contributed by atoms with Crippen molar-refractivity contribution < 1.29 is 34.0 Å². The van der Waals surface area contributed by atoms with Gasteiger partial charge in [0.15, 0.2) is 11.5 Å². The van der Waals surface area contributed by atoms with Gasteiger partial charge in [-0.3, -0.25) is 9.59 Å². The number of thiazole rings is 1. The van der Waals surface area contributed by atoms with Crippen molar-refractivity contribution in [1.82, 2.24) is 4.98 Å². The highest BCUT2D eigenvalue weighted by Crippen LogP contribution is 2.45. The molecule has 0 bridgehead atoms. The molecule has 0 spiro atoms. The summed E-state index contributed by atoms with van der Waals surface area (Å²) < 4.78 is 17.9. The number of methoxy groups -OCH3 is 2. The summed E-state index contributed by atoms with van der Waals surface area (Å²) in [4.78, 5) is 31.9. The number of aliphatic hydroxyl groups excluding tert-OH is 1. The lowest BCUT2D eigenvalue weighted by Crippen LogP contribution is -2.45. The number of hydrogen-bond acceptors (Lipinski definition) is 8. The van der Waals surface area contributed by atoms with Crippen LogP contribution in [0.4, 0.5) is 5.69 Å². The molecule has 40 heavy (non-hydrogen) atoms. The van der Waals surface area contributed by atoms with Crippen LogP contribution in [0.1, 0.15) is 47.4 Å². The topological polar surface area (TPSA) is 118 Å². The normalized spacial score (nSPS) is 17.4. The van der Waals surface area contributed by atoms with Gasteiger partial charge in [-0.2, -0.15) is 0 Å². The van der Waals surface area contributed by atoms with Gasteiger partial charge in [0.05, 0.1) is 25.6 Å². The predicted octanol–water partition coefficient (Wildman–Crippen LogP) is 4.91. The van der Waals surface area contributed by atoms with E-state index in [1.807, 2.05) is 26.0 Å². The van der Waals surface area contributed by atoms with Crippen molar-refractivity contribution >= 4 is 40.5 Å². The molecule has 11 heteroatoms. The van der Waals surface area contributed by atoms with E-state index in [1.165, 1.54) is 11.3 Å². The van der Waals surface area contributed by atoms with Gasteiger partial charge in [-0.25, -0.2) is 4.98 Å². The molecule has 0 unspecified atom stereocenters. The first-order valence-corrected chi connectivity index (χ1v) is 14.0. The molecule has 4 rings (SSSR count). The Morgan fingerprint density at radius 2 is 1.98 bits per heavy atom. The van der Waals surface area contributed by atoms with Crippen molar-refractivity contribution in [1.29, 1.82) is 0 Å². The number of anilines is 1. The van der Waals surface area contributed by atoms with Gasteiger partial charge in [-0.1, -0.05) is 37.6 Å². The molecule has 0 fully saturated rings. The molecule has 0 aliphatic carbocycles. The van der Waals surface area contributed by atoms with Crippen molar-refractivity contribution in [3.63, 3.8) is 0 Å². The Balaban J connectivity index is 1.80. The van der Waals surface area contributed by atoms with Crippen LogP contribution in [0.2, 0.25) is 5.02 Å². The largest absolute Gasteiger partial charge is 0.493 e. The molecular formula is C29H33ClN2O7S. The van der Waals surface area contributed by atoms with Gasteiger partial charge in [0.1, 0.15) is 12.2 Å². The molecule has 1 amide bonds. The third kappa shape index (κ3) is 6.58. The number of ether oxygens (including phenoxy) is 3. The third-order valence-corrected chi connectivity index (χ3v) is 7.97. The number of fused-ring (bicyclic) bond motifs is 1. The Hall–Kier alpha value is -3.18. The van der Waals surface area contributed by atoms with Gasteiger partial charge in [-0.05, 0) is 30.7 Å². The van der Waals surface area contributed by atoms with Crippen LogP contribution in [0.15, 0.2) is 42.6 Å². The number of aryl methyl sites for hydroxylation is 1. The smallest absolute Gasteiger partial charge is 0.308 e. The highest BCUT2D eigenvalue weighted by molar-refractivity contribution is 7.11. The molecule has 2 heterocycles. The lowest BCUT2D eigenvalue weighted by Gasteiger charge is -2.32. The Kier molecular flexibility index (Phi) is 9.35. The van der Waals surface area contributed by atoms with E-state index in [4.69, 9.17) is 30.9 Å². The highest BCUT2D eigenvalue weighted by Gasteiger charge is 2.39. The Morgan fingerprint density at radius 3 is 2.65 bits per heavy atom. The second kappa shape index (κ2) is 12.6. The number of carbonyl (C=O) groups is 2. The van der Waals surface area contributed by atoms with E-state index >= 15 is 0 Å². The van der Waals surface area contributed by atoms with Crippen molar-refractivity contribution in [3.05, 3.63) is 68.6 Å². The third-order valence-electron chi connectivity index (χ3n) is 6.68. The Labute approximate surface area is 242 Å². The molecule has 2 aromatic carbocycles. The summed E-state index contributed by atoms with van der Waals surface area (Å²) in [6, 6.07) is 10.8. The standard InChI is InChI=1S/C29H33ClN2O7S/c1-29(2,16-33)15-32-21-9-8-17(30)12-20(21)26(19-6-5-7-22(37-3)27(19)38-4)39-23(28(32)36)10-11-24-31-14-18(40-24)13-25(34)35/h5-9,12,14,23,26,33H,10-11,13,15-16H2,1-4H3,(H,34,35)/t23-,26-/m1/s1. The van der Waals surface area contributed by atoms with E-state index < -0.39 is 23.6 Å². The number of para-hydroxylation sites is 1. The summed E-state index contributed by atoms with van der Waals surface area (Å²) in [7, 11) is 3.10. The molecule has 0 saturated heterocycles. The molecular weight excluding hydrogens is 556 g/mol. The number of aromatic nitrogens is 1. The minimum atomic E-state index is -0.925. The van der Waals surface area contributed by atoms with Gasteiger partial charge in [0, 0.05) is 57.9 Å². The highest BCUT2D eigenvalue weighted by atomic mass is 35.5. The summed E-state index contributed by atoms with van der Waals surface area (Å²) in [5.74, 6) is -0.177. The number of hydrogen-bond donors (Lipinski definition) is 2. The second-order valence-electron chi connectivity index (χ2n) is 10.4. The first kappa shape index (κ1) is 29.8. The van der Waals surface area contributed by atoms with Gasteiger partial charge in [0.25, 0.3) is 5.91 Å². The maximum atomic E-state index is 14.1. The number of nitrogens with zero attached hydrogens (tertiary/aromatic N) is 2. The van der Waals surface area contributed by atoms with Gasteiger partial charge >= 0.3 is 5.97 Å². The number of carboxylic acid groups (broad SMARTS) is 1. The molecule has 1 aromatic heterocycles. The van der Waals surface area contributed by atoms with E-state index in [0.717, 1.165) is 5.01 Å². The average Bonchev–Trinajstić information content (AvgIpc) is 3.33. The zero-order chi connectivity index (χ0) is 29.0. The summed E-state index contributed by atoms with van der Waals surface area (Å²) in [5, 5.41) is 20.3. The first-order valence-electron chi connectivity index (χ1n) is 12.8. The molecule has 1 aliphatic heterocycles. The van der Waals surface area contributed by atoms with E-state index in [-0.39, 0.29) is 25.5 Å². The lowest BCUT2D eigenvalue weighted by atomic mass is 9.92. The van der Waals surface area contributed by atoms with Crippen molar-refractivity contribution in [3.8, 4) is 11.5 Å². The molecule has 2 atom stereocenters. The number of aliphatic hydroxyl groups is 1. The van der Waals surface area contributed by atoms with Crippen LogP contribution in [0.3, 0.4) is 0 Å². The fourth-order valence-electron chi connectivity index (χ4n) is 4.71. The molecule has 3 aromatic rings. The molecule has 0 saturated carbocycles. The van der Waals surface area contributed by atoms with Crippen LogP contribution in [0.25, 0.3) is 0 Å². The van der Waals surface area contributed by atoms with Crippen LogP contribution >= 0.6 is 22.9 Å². The fraction of sp³-hybridized carbons (Fsp3) is 0.414. The fourth-order valence-corrected chi connectivity index (χ4v) is 5.82. The van der Waals surface area contributed by atoms with Gasteiger partial charge < -0.3 is 29.3 Å². The lowest BCUT2D eigenvalue weighted by molar-refractivity contribution is -0.136. The molecule has 214 valence electrons. The zero-order valence-electron chi connectivity index (χ0n) is 22.8. The van der Waals surface area contributed by atoms with Crippen LogP contribution < -0.4 is 14.4 Å². The molecule has 9 nitrogen and oxygen atoms in total. The summed E-state index contributed by atoms with van der Waals surface area (Å²) in [6.07, 6.45) is 0.564. The number of aliphatic carboxylic acids is 1. The number of amides is 1. The van der Waals surface area contributed by atoms with E-state index in [1.54, 1.807) is 49.6 Å². The molecule has 1 aliphatic rings. The first-order chi connectivity index (χ1) is 19.1. The number of rotatable bonds is 11. The van der Waals surface area contributed by atoms with E-state index in [2.05, 4.69) is 4.98 Å². The van der Waals surface area contributed by atoms with Crippen LogP contribution in [0.5, 0.6) is 11.5 Å². The minimum absolute atomic E-state index is 0.103. The maximum absolute atomic E-state index is 14.1. The number of halogens is 1. The minimum Gasteiger partial charge on any atom is -0.493 e. The molecule has 2 N–H and O–H groups in total. The number of benzene rings is 2. The Bertz CT molecular complexity index is 1380. The number of carboxylic acids is 1.